The third-order valence-electron chi connectivity index (χ3n) is 5.16. The van der Waals surface area contributed by atoms with Crippen LogP contribution >= 0.6 is 47.2 Å². The summed E-state index contributed by atoms with van der Waals surface area (Å²) in [6, 6.07) is 19.6. The van der Waals surface area contributed by atoms with Crippen molar-refractivity contribution in [1.82, 2.24) is 4.90 Å². The molecule has 0 N–H and O–H groups in total. The first kappa shape index (κ1) is 23.8. The molecule has 1 aliphatic heterocycles. The number of carbonyl (C=O) groups is 1. The normalized spacial score (nSPS) is 14.9. The Balaban J connectivity index is 1.49. The minimum absolute atomic E-state index is 0.127. The standard InChI is InChI=1S/C26H21Cl2NO2S2/c1-16-3-7-18(8-4-16)14-29-25(30)23(33-26(29)32)13-20-11-21(27)24(22(28)12-20)31-15-19-9-5-17(2)6-10-19/h3-13H,14-15H2,1-2H3/b23-13-. The number of ether oxygens (including phenoxy) is 1. The van der Waals surface area contributed by atoms with Gasteiger partial charge in [-0.15, -0.1) is 0 Å². The van der Waals surface area contributed by atoms with Crippen molar-refractivity contribution in [3.63, 3.8) is 0 Å². The number of nitrogens with zero attached hydrogens (tertiary/aromatic N) is 1. The lowest BCUT2D eigenvalue weighted by molar-refractivity contribution is -0.122. The average molecular weight is 514 g/mol. The van der Waals surface area contributed by atoms with Crippen LogP contribution in [0.1, 0.15) is 27.8 Å². The van der Waals surface area contributed by atoms with Gasteiger partial charge in [-0.2, -0.15) is 0 Å². The lowest BCUT2D eigenvalue weighted by Crippen LogP contribution is -2.27. The Morgan fingerprint density at radius 1 is 0.939 bits per heavy atom. The van der Waals surface area contributed by atoms with Gasteiger partial charge in [-0.25, -0.2) is 0 Å². The summed E-state index contributed by atoms with van der Waals surface area (Å²) in [7, 11) is 0. The fraction of sp³-hybridized carbons (Fsp3) is 0.154. The van der Waals surface area contributed by atoms with Crippen molar-refractivity contribution in [2.45, 2.75) is 27.0 Å². The largest absolute Gasteiger partial charge is 0.486 e. The van der Waals surface area contributed by atoms with E-state index >= 15 is 0 Å². The molecule has 33 heavy (non-hydrogen) atoms. The molecule has 0 saturated carbocycles. The van der Waals surface area contributed by atoms with Gasteiger partial charge >= 0.3 is 0 Å². The molecule has 1 fully saturated rings. The molecule has 4 rings (SSSR count). The number of hydrogen-bond acceptors (Lipinski definition) is 4. The zero-order valence-electron chi connectivity index (χ0n) is 18.1. The van der Waals surface area contributed by atoms with E-state index in [1.807, 2.05) is 62.4 Å². The van der Waals surface area contributed by atoms with E-state index < -0.39 is 0 Å². The molecule has 168 valence electrons. The maximum absolute atomic E-state index is 13.0. The van der Waals surface area contributed by atoms with Crippen LogP contribution in [0.4, 0.5) is 0 Å². The van der Waals surface area contributed by atoms with E-state index in [4.69, 9.17) is 40.2 Å². The Morgan fingerprint density at radius 3 is 2.06 bits per heavy atom. The maximum Gasteiger partial charge on any atom is 0.266 e. The van der Waals surface area contributed by atoms with Gasteiger partial charge in [-0.05, 0) is 48.7 Å². The van der Waals surface area contributed by atoms with Crippen LogP contribution in [-0.2, 0) is 17.9 Å². The van der Waals surface area contributed by atoms with E-state index in [1.165, 1.54) is 22.9 Å². The van der Waals surface area contributed by atoms with Gasteiger partial charge in [0.15, 0.2) is 5.75 Å². The van der Waals surface area contributed by atoms with Crippen LogP contribution in [0.2, 0.25) is 10.0 Å². The molecule has 0 aliphatic carbocycles. The van der Waals surface area contributed by atoms with Gasteiger partial charge in [0.1, 0.15) is 10.9 Å². The zero-order valence-corrected chi connectivity index (χ0v) is 21.2. The number of thioether (sulfide) groups is 1. The highest BCUT2D eigenvalue weighted by Crippen LogP contribution is 2.38. The summed E-state index contributed by atoms with van der Waals surface area (Å²) >= 11 is 19.6. The fourth-order valence-corrected chi connectivity index (χ4v) is 5.17. The van der Waals surface area contributed by atoms with Crippen LogP contribution in [0.3, 0.4) is 0 Å². The maximum atomic E-state index is 13.0. The van der Waals surface area contributed by atoms with Crippen LogP contribution in [0.5, 0.6) is 5.75 Å². The van der Waals surface area contributed by atoms with E-state index in [-0.39, 0.29) is 5.91 Å². The quantitative estimate of drug-likeness (QED) is 0.250. The Labute approximate surface area is 213 Å². The number of rotatable bonds is 6. The third kappa shape index (κ3) is 5.79. The predicted octanol–water partition coefficient (Wildman–Crippen LogP) is 7.59. The van der Waals surface area contributed by atoms with Crippen molar-refractivity contribution < 1.29 is 9.53 Å². The van der Waals surface area contributed by atoms with Gasteiger partial charge < -0.3 is 4.74 Å². The van der Waals surface area contributed by atoms with Crippen LogP contribution in [-0.4, -0.2) is 15.1 Å². The SMILES string of the molecule is Cc1ccc(COc2c(Cl)cc(/C=C3\SC(=S)N(Cc4ccc(C)cc4)C3=O)cc2Cl)cc1. The Hall–Kier alpha value is -2.31. The molecule has 1 amide bonds. The second-order valence-electron chi connectivity index (χ2n) is 7.84. The van der Waals surface area contributed by atoms with Crippen LogP contribution < -0.4 is 4.74 Å². The molecular formula is C26H21Cl2NO2S2. The number of amides is 1. The second-order valence-corrected chi connectivity index (χ2v) is 10.3. The molecule has 0 spiro atoms. The van der Waals surface area contributed by atoms with E-state index in [0.29, 0.717) is 43.7 Å². The predicted molar refractivity (Wildman–Crippen MR) is 142 cm³/mol. The van der Waals surface area contributed by atoms with Gasteiger partial charge in [0.25, 0.3) is 5.91 Å². The van der Waals surface area contributed by atoms with Crippen molar-refractivity contribution in [3.05, 3.63) is 103 Å². The van der Waals surface area contributed by atoms with E-state index in [1.54, 1.807) is 23.1 Å². The molecule has 0 atom stereocenters. The van der Waals surface area contributed by atoms with Gasteiger partial charge in [-0.3, -0.25) is 9.69 Å². The van der Waals surface area contributed by atoms with E-state index in [9.17, 15) is 4.79 Å². The molecule has 0 radical (unpaired) electrons. The van der Waals surface area contributed by atoms with E-state index in [2.05, 4.69) is 0 Å². The van der Waals surface area contributed by atoms with Gasteiger partial charge in [-0.1, -0.05) is 107 Å². The molecule has 3 aromatic carbocycles. The zero-order chi connectivity index (χ0) is 23.5. The van der Waals surface area contributed by atoms with Gasteiger partial charge in [0.05, 0.1) is 21.5 Å². The first-order valence-corrected chi connectivity index (χ1v) is 12.3. The molecule has 1 saturated heterocycles. The smallest absolute Gasteiger partial charge is 0.266 e. The molecule has 0 unspecified atom stereocenters. The van der Waals surface area contributed by atoms with Crippen molar-refractivity contribution in [2.24, 2.45) is 0 Å². The van der Waals surface area contributed by atoms with Crippen molar-refractivity contribution in [2.75, 3.05) is 0 Å². The molecule has 0 bridgehead atoms. The Kier molecular flexibility index (Phi) is 7.45. The average Bonchev–Trinajstić information content (AvgIpc) is 3.03. The number of halogens is 2. The minimum atomic E-state index is -0.127. The summed E-state index contributed by atoms with van der Waals surface area (Å²) < 4.78 is 6.39. The molecule has 3 aromatic rings. The highest BCUT2D eigenvalue weighted by Gasteiger charge is 2.32. The van der Waals surface area contributed by atoms with Gasteiger partial charge in [0, 0.05) is 0 Å². The topological polar surface area (TPSA) is 29.5 Å². The number of hydrogen-bond donors (Lipinski definition) is 0. The molecule has 3 nitrogen and oxygen atoms in total. The Morgan fingerprint density at radius 2 is 1.48 bits per heavy atom. The van der Waals surface area contributed by atoms with E-state index in [0.717, 1.165) is 11.1 Å². The summed E-state index contributed by atoms with van der Waals surface area (Å²) in [5.41, 5.74) is 5.12. The molecule has 1 aliphatic rings. The van der Waals surface area contributed by atoms with Crippen LogP contribution in [0.25, 0.3) is 6.08 Å². The fourth-order valence-electron chi connectivity index (χ4n) is 3.30. The summed E-state index contributed by atoms with van der Waals surface area (Å²) in [4.78, 5) is 15.1. The monoisotopic (exact) mass is 513 g/mol. The number of benzene rings is 3. The summed E-state index contributed by atoms with van der Waals surface area (Å²) in [5.74, 6) is 0.292. The molecular weight excluding hydrogens is 493 g/mol. The van der Waals surface area contributed by atoms with Crippen molar-refractivity contribution in [1.29, 1.82) is 0 Å². The van der Waals surface area contributed by atoms with Gasteiger partial charge in [0.2, 0.25) is 0 Å². The summed E-state index contributed by atoms with van der Waals surface area (Å²) in [6.45, 7) is 4.86. The summed E-state index contributed by atoms with van der Waals surface area (Å²) in [6.07, 6.45) is 1.76. The molecule has 0 aromatic heterocycles. The highest BCUT2D eigenvalue weighted by molar-refractivity contribution is 8.26. The van der Waals surface area contributed by atoms with Crippen molar-refractivity contribution in [3.8, 4) is 5.75 Å². The lowest BCUT2D eigenvalue weighted by Gasteiger charge is -2.14. The second kappa shape index (κ2) is 10.3. The molecule has 1 heterocycles. The third-order valence-corrected chi connectivity index (χ3v) is 7.10. The van der Waals surface area contributed by atoms with Crippen LogP contribution in [0, 0.1) is 13.8 Å². The first-order chi connectivity index (χ1) is 15.8. The number of carbonyl (C=O) groups excluding carboxylic acids is 1. The Bertz CT molecular complexity index is 1220. The summed E-state index contributed by atoms with van der Waals surface area (Å²) in [5, 5.41) is 0.770. The number of thiocarbonyl (C=S) groups is 1. The minimum Gasteiger partial charge on any atom is -0.486 e. The lowest BCUT2D eigenvalue weighted by atomic mass is 10.1. The number of aryl methyl sites for hydroxylation is 2. The first-order valence-electron chi connectivity index (χ1n) is 10.3. The highest BCUT2D eigenvalue weighted by atomic mass is 35.5. The van der Waals surface area contributed by atoms with Crippen LogP contribution in [0.15, 0.2) is 65.6 Å². The molecule has 7 heteroatoms. The van der Waals surface area contributed by atoms with Crippen molar-refractivity contribution >= 4 is 63.5 Å².